The summed E-state index contributed by atoms with van der Waals surface area (Å²) in [5.41, 5.74) is 4.97. The van der Waals surface area contributed by atoms with Crippen molar-refractivity contribution in [2.45, 2.75) is 12.8 Å². The number of carboxylic acid groups (broad SMARTS) is 1. The molecule has 0 saturated carbocycles. The van der Waals surface area contributed by atoms with Gasteiger partial charge >= 0.3 is 12.1 Å². The monoisotopic (exact) mass is 377 g/mol. The molecule has 0 aliphatic heterocycles. The second-order valence-electron chi connectivity index (χ2n) is 6.69. The lowest BCUT2D eigenvalue weighted by atomic mass is 9.98. The highest BCUT2D eigenvalue weighted by molar-refractivity contribution is 5.98. The second kappa shape index (κ2) is 6.84. The topological polar surface area (TPSA) is 93.5 Å². The molecule has 28 heavy (non-hydrogen) atoms. The molecule has 3 aromatic rings. The van der Waals surface area contributed by atoms with Crippen LogP contribution in [-0.4, -0.2) is 33.6 Å². The molecule has 0 spiro atoms. The Labute approximate surface area is 161 Å². The molecule has 7 heteroatoms. The minimum Gasteiger partial charge on any atom is -0.476 e. The van der Waals surface area contributed by atoms with Gasteiger partial charge in [0.1, 0.15) is 6.61 Å². The zero-order valence-corrected chi connectivity index (χ0v) is 15.5. The highest BCUT2D eigenvalue weighted by Gasteiger charge is 2.29. The number of carbonyl (C=O) groups is 2. The van der Waals surface area contributed by atoms with Crippen LogP contribution in [0.25, 0.3) is 11.1 Å². The van der Waals surface area contributed by atoms with Crippen LogP contribution in [0.4, 0.5) is 10.5 Å². The Morgan fingerprint density at radius 3 is 2.25 bits per heavy atom. The van der Waals surface area contributed by atoms with Crippen molar-refractivity contribution in [1.29, 1.82) is 0 Å². The van der Waals surface area contributed by atoms with Gasteiger partial charge in [-0.3, -0.25) is 10.00 Å². The first-order chi connectivity index (χ1) is 13.5. The first-order valence-electron chi connectivity index (χ1n) is 8.86. The van der Waals surface area contributed by atoms with Crippen molar-refractivity contribution in [2.24, 2.45) is 7.05 Å². The quantitative estimate of drug-likeness (QED) is 0.722. The fraction of sp³-hybridized carbons (Fsp3) is 0.190. The lowest BCUT2D eigenvalue weighted by Gasteiger charge is -2.14. The number of ether oxygens (including phenoxy) is 1. The third-order valence-corrected chi connectivity index (χ3v) is 5.00. The molecule has 142 valence electrons. The molecular weight excluding hydrogens is 358 g/mol. The first kappa shape index (κ1) is 17.8. The van der Waals surface area contributed by atoms with Crippen molar-refractivity contribution in [2.75, 3.05) is 11.9 Å². The van der Waals surface area contributed by atoms with Crippen LogP contribution in [0.3, 0.4) is 0 Å². The maximum Gasteiger partial charge on any atom is 0.411 e. The Balaban J connectivity index is 1.53. The van der Waals surface area contributed by atoms with Gasteiger partial charge in [0.05, 0.1) is 11.4 Å². The molecule has 0 radical (unpaired) electrons. The second-order valence-corrected chi connectivity index (χ2v) is 6.69. The summed E-state index contributed by atoms with van der Waals surface area (Å²) in [5.74, 6) is -1.23. The van der Waals surface area contributed by atoms with Crippen LogP contribution < -0.4 is 5.32 Å². The van der Waals surface area contributed by atoms with Gasteiger partial charge in [-0.05, 0) is 29.2 Å². The predicted octanol–water partition coefficient (Wildman–Crippen LogP) is 3.79. The van der Waals surface area contributed by atoms with Gasteiger partial charge in [0.15, 0.2) is 5.69 Å². The van der Waals surface area contributed by atoms with Crippen LogP contribution >= 0.6 is 0 Å². The number of nitrogens with zero attached hydrogens (tertiary/aromatic N) is 2. The van der Waals surface area contributed by atoms with Gasteiger partial charge in [-0.2, -0.15) is 5.10 Å². The average molecular weight is 377 g/mol. The van der Waals surface area contributed by atoms with E-state index in [0.717, 1.165) is 22.3 Å². The van der Waals surface area contributed by atoms with E-state index in [2.05, 4.69) is 22.5 Å². The summed E-state index contributed by atoms with van der Waals surface area (Å²) < 4.78 is 6.68. The van der Waals surface area contributed by atoms with E-state index in [-0.39, 0.29) is 23.9 Å². The van der Waals surface area contributed by atoms with Crippen LogP contribution in [0, 0.1) is 6.92 Å². The van der Waals surface area contributed by atoms with Crippen molar-refractivity contribution in [3.05, 3.63) is 71.0 Å². The third kappa shape index (κ3) is 2.90. The minimum absolute atomic E-state index is 0.0629. The lowest BCUT2D eigenvalue weighted by Crippen LogP contribution is -2.19. The third-order valence-electron chi connectivity index (χ3n) is 5.00. The number of fused-ring (bicyclic) bond motifs is 3. The number of carboxylic acids is 1. The minimum atomic E-state index is -1.17. The number of nitrogens with one attached hydrogen (secondary N) is 1. The van der Waals surface area contributed by atoms with Crippen LogP contribution in [0.5, 0.6) is 0 Å². The van der Waals surface area contributed by atoms with E-state index in [1.54, 1.807) is 6.92 Å². The molecule has 1 aliphatic rings. The van der Waals surface area contributed by atoms with Crippen molar-refractivity contribution in [3.63, 3.8) is 0 Å². The Bertz CT molecular complexity index is 1040. The summed E-state index contributed by atoms with van der Waals surface area (Å²) in [6.45, 7) is 1.78. The molecular formula is C21H19N3O4. The van der Waals surface area contributed by atoms with E-state index in [1.165, 1.54) is 11.7 Å². The standard InChI is InChI=1S/C21H19N3O4/c1-12-18(19(20(25)26)24(2)23-12)22-21(27)28-11-17-15-9-5-3-7-13(15)14-8-4-6-10-16(14)17/h3-10,17H,11H2,1-2H3,(H,22,27)(H,25,26). The van der Waals surface area contributed by atoms with E-state index < -0.39 is 12.1 Å². The molecule has 2 N–H and O–H groups in total. The SMILES string of the molecule is Cc1nn(C)c(C(=O)O)c1NC(=O)OCC1c2ccccc2-c2ccccc21. The molecule has 7 nitrogen and oxygen atoms in total. The van der Waals surface area contributed by atoms with E-state index >= 15 is 0 Å². The molecule has 4 rings (SSSR count). The molecule has 1 aliphatic carbocycles. The Morgan fingerprint density at radius 2 is 1.68 bits per heavy atom. The highest BCUT2D eigenvalue weighted by Crippen LogP contribution is 2.44. The number of amides is 1. The summed E-state index contributed by atoms with van der Waals surface area (Å²) in [5, 5.41) is 15.9. The molecule has 0 atom stereocenters. The van der Waals surface area contributed by atoms with E-state index in [9.17, 15) is 14.7 Å². The summed E-state index contributed by atoms with van der Waals surface area (Å²) in [6.07, 6.45) is -0.708. The molecule has 0 fully saturated rings. The maximum atomic E-state index is 12.4. The Kier molecular flexibility index (Phi) is 4.35. The molecule has 0 bridgehead atoms. The summed E-state index contributed by atoms with van der Waals surface area (Å²) >= 11 is 0. The van der Waals surface area contributed by atoms with Crippen LogP contribution in [0.2, 0.25) is 0 Å². The number of hydrogen-bond donors (Lipinski definition) is 2. The van der Waals surface area contributed by atoms with Crippen molar-refractivity contribution >= 4 is 17.7 Å². The van der Waals surface area contributed by atoms with E-state index in [4.69, 9.17) is 4.74 Å². The number of rotatable bonds is 4. The molecule has 0 saturated heterocycles. The van der Waals surface area contributed by atoms with E-state index in [1.807, 2.05) is 36.4 Å². The molecule has 2 aromatic carbocycles. The van der Waals surface area contributed by atoms with Gasteiger partial charge in [-0.1, -0.05) is 48.5 Å². The van der Waals surface area contributed by atoms with Gasteiger partial charge in [-0.25, -0.2) is 9.59 Å². The smallest absolute Gasteiger partial charge is 0.411 e. The zero-order valence-electron chi connectivity index (χ0n) is 15.5. The summed E-state index contributed by atoms with van der Waals surface area (Å²) in [7, 11) is 1.51. The van der Waals surface area contributed by atoms with E-state index in [0.29, 0.717) is 5.69 Å². The normalized spacial score (nSPS) is 12.4. The molecule has 1 aromatic heterocycles. The van der Waals surface area contributed by atoms with Gasteiger partial charge in [0.2, 0.25) is 0 Å². The Hall–Kier alpha value is -3.61. The van der Waals surface area contributed by atoms with Gasteiger partial charge in [0.25, 0.3) is 0 Å². The Morgan fingerprint density at radius 1 is 1.11 bits per heavy atom. The average Bonchev–Trinajstić information content (AvgIpc) is 3.14. The first-order valence-corrected chi connectivity index (χ1v) is 8.86. The van der Waals surface area contributed by atoms with Crippen LogP contribution in [0.1, 0.15) is 33.2 Å². The van der Waals surface area contributed by atoms with Crippen molar-refractivity contribution in [3.8, 4) is 11.1 Å². The number of aromatic carboxylic acids is 1. The van der Waals surface area contributed by atoms with Gasteiger partial charge in [-0.15, -0.1) is 0 Å². The predicted molar refractivity (Wildman–Crippen MR) is 104 cm³/mol. The lowest BCUT2D eigenvalue weighted by molar-refractivity contribution is 0.0686. The maximum absolute atomic E-state index is 12.4. The largest absolute Gasteiger partial charge is 0.476 e. The van der Waals surface area contributed by atoms with Gasteiger partial charge in [0, 0.05) is 13.0 Å². The number of aromatic nitrogens is 2. The number of anilines is 1. The molecule has 0 unspecified atom stereocenters. The highest BCUT2D eigenvalue weighted by atomic mass is 16.5. The van der Waals surface area contributed by atoms with Crippen molar-refractivity contribution < 1.29 is 19.4 Å². The summed E-state index contributed by atoms with van der Waals surface area (Å²) in [6, 6.07) is 16.1. The van der Waals surface area contributed by atoms with Gasteiger partial charge < -0.3 is 9.84 Å². The number of benzene rings is 2. The zero-order chi connectivity index (χ0) is 19.8. The molecule has 1 heterocycles. The van der Waals surface area contributed by atoms with Crippen molar-refractivity contribution in [1.82, 2.24) is 9.78 Å². The van der Waals surface area contributed by atoms with Crippen LogP contribution in [0.15, 0.2) is 48.5 Å². The van der Waals surface area contributed by atoms with Crippen LogP contribution in [-0.2, 0) is 11.8 Å². The fourth-order valence-electron chi connectivity index (χ4n) is 3.79. The fourth-order valence-corrected chi connectivity index (χ4v) is 3.79. The molecule has 1 amide bonds. The number of hydrogen-bond acceptors (Lipinski definition) is 4. The number of carbonyl (C=O) groups excluding carboxylic acids is 1. The number of aryl methyl sites for hydroxylation is 2. The summed E-state index contributed by atoms with van der Waals surface area (Å²) in [4.78, 5) is 23.8.